The first-order valence-electron chi connectivity index (χ1n) is 10.3. The Morgan fingerprint density at radius 3 is 2.03 bits per heavy atom. The predicted octanol–water partition coefficient (Wildman–Crippen LogP) is 5.29. The van der Waals surface area contributed by atoms with Gasteiger partial charge in [-0.2, -0.15) is 108 Å². The average Bonchev–Trinajstić information content (AvgIpc) is 3.21. The van der Waals surface area contributed by atoms with Crippen LogP contribution in [0.25, 0.3) is 0 Å². The summed E-state index contributed by atoms with van der Waals surface area (Å²) in [6, 6.07) is 31.5. The number of fused-ring (bicyclic) bond motifs is 6. The van der Waals surface area contributed by atoms with Gasteiger partial charge in [-0.25, -0.2) is 0 Å². The molecule has 1 aliphatic heterocycles. The molecule has 0 saturated heterocycles. The summed E-state index contributed by atoms with van der Waals surface area (Å²) in [6.45, 7) is 2.01. The smallest absolute Gasteiger partial charge is 0.510 e. The Morgan fingerprint density at radius 1 is 0.833 bits per heavy atom. The van der Waals surface area contributed by atoms with Crippen molar-refractivity contribution < 1.29 is 21.1 Å². The number of benzene rings is 3. The molecule has 3 aromatic rings. The minimum atomic E-state index is 0. The van der Waals surface area contributed by atoms with Crippen molar-refractivity contribution in [2.45, 2.75) is 31.1 Å². The van der Waals surface area contributed by atoms with Crippen LogP contribution in [0.5, 0.6) is 0 Å². The second-order valence-corrected chi connectivity index (χ2v) is 8.00. The third-order valence-corrected chi connectivity index (χ3v) is 6.12. The van der Waals surface area contributed by atoms with Crippen molar-refractivity contribution in [2.24, 2.45) is 0 Å². The number of nitrogens with zero attached hydrogens (tertiary/aromatic N) is 2. The molecule has 0 atom stereocenters. The van der Waals surface area contributed by atoms with Crippen molar-refractivity contribution in [1.29, 1.82) is 0 Å². The fourth-order valence-corrected chi connectivity index (χ4v) is 4.53. The molecule has 0 amide bonds. The zero-order chi connectivity index (χ0) is 19.7. The number of anilines is 1. The molecular weight excluding hydrogens is 547 g/mol. The number of hydrogen-bond acceptors (Lipinski definition) is 2. The maximum atomic E-state index is 3.59. The summed E-state index contributed by atoms with van der Waals surface area (Å²) in [4.78, 5) is 4.03. The first-order valence-corrected chi connectivity index (χ1v) is 10.3. The van der Waals surface area contributed by atoms with Gasteiger partial charge in [0.15, 0.2) is 0 Å². The average molecular weight is 572 g/mol. The van der Waals surface area contributed by atoms with Gasteiger partial charge in [-0.3, -0.25) is 0 Å². The Morgan fingerprint density at radius 2 is 1.50 bits per heavy atom. The van der Waals surface area contributed by atoms with Crippen LogP contribution in [-0.2, 0) is 39.3 Å². The summed E-state index contributed by atoms with van der Waals surface area (Å²) < 4.78 is 0. The van der Waals surface area contributed by atoms with Gasteiger partial charge in [0.1, 0.15) is 0 Å². The van der Waals surface area contributed by atoms with Crippen LogP contribution in [0.15, 0.2) is 73.1 Å². The molecule has 0 fully saturated rings. The van der Waals surface area contributed by atoms with Crippen molar-refractivity contribution in [3.8, 4) is 0 Å². The molecule has 3 aliphatic rings. The van der Waals surface area contributed by atoms with E-state index >= 15 is 0 Å². The van der Waals surface area contributed by atoms with E-state index in [0.29, 0.717) is 0 Å². The van der Waals surface area contributed by atoms with Gasteiger partial charge >= 0.3 is 21.1 Å². The molecule has 0 unspecified atom stereocenters. The number of hydrogen-bond donors (Lipinski definition) is 0. The molecule has 3 aromatic carbocycles. The molecule has 2 aliphatic carbocycles. The first-order chi connectivity index (χ1) is 14.2. The van der Waals surface area contributed by atoms with Gasteiger partial charge in [0.05, 0.1) is 0 Å². The molecule has 0 radical (unpaired) electrons. The summed E-state index contributed by atoms with van der Waals surface area (Å²) in [7, 11) is 2.00. The van der Waals surface area contributed by atoms with E-state index in [-0.39, 0.29) is 26.5 Å². The fourth-order valence-electron chi connectivity index (χ4n) is 4.53. The zero-order valence-corrected chi connectivity index (χ0v) is 19.3. The third-order valence-electron chi connectivity index (χ3n) is 6.12. The van der Waals surface area contributed by atoms with Gasteiger partial charge < -0.3 is 9.80 Å². The SMILES string of the molecule is CN1C=CN(c2[c-]cccc2)[CH-]1.[Pt+4].[c-]1c2cccc1C1(CC2)CCc2[c-]c1ccc2. The van der Waals surface area contributed by atoms with E-state index < -0.39 is 0 Å². The largest absolute Gasteiger partial charge is 4.00 e. The van der Waals surface area contributed by atoms with E-state index in [1.807, 2.05) is 60.2 Å². The molecule has 4 bridgehead atoms. The Bertz CT molecular complexity index is 974. The van der Waals surface area contributed by atoms with Crippen LogP contribution in [0, 0.1) is 24.9 Å². The summed E-state index contributed by atoms with van der Waals surface area (Å²) >= 11 is 0. The van der Waals surface area contributed by atoms with Crippen molar-refractivity contribution in [3.05, 3.63) is 120 Å². The minimum Gasteiger partial charge on any atom is -0.510 e. The van der Waals surface area contributed by atoms with Crippen LogP contribution < -0.4 is 4.90 Å². The summed E-state index contributed by atoms with van der Waals surface area (Å²) in [5.74, 6) is 0. The summed E-state index contributed by atoms with van der Waals surface area (Å²) in [5, 5.41) is 0. The monoisotopic (exact) mass is 571 g/mol. The Labute approximate surface area is 194 Å². The van der Waals surface area contributed by atoms with Crippen molar-refractivity contribution in [2.75, 3.05) is 11.9 Å². The Balaban J connectivity index is 0.000000149. The standard InChI is InChI=1S/C17H14.C10H10N2.Pt/c1-3-13-7-9-17(15(5-1)11-13)10-8-14-4-2-6-16(17)12-14;1-11-7-8-12(9-11)10-5-3-2-4-6-10;/h1-6H,7-10H2;2-5,7-9H,1H3;/q2*-2;+4. The van der Waals surface area contributed by atoms with E-state index in [0.717, 1.165) is 18.5 Å². The van der Waals surface area contributed by atoms with E-state index in [2.05, 4.69) is 54.6 Å². The van der Waals surface area contributed by atoms with Crippen LogP contribution in [0.3, 0.4) is 0 Å². The number of aryl methyl sites for hydroxylation is 2. The molecule has 0 aromatic heterocycles. The van der Waals surface area contributed by atoms with E-state index in [1.54, 1.807) is 0 Å². The summed E-state index contributed by atoms with van der Waals surface area (Å²) in [6.07, 6.45) is 8.78. The molecule has 152 valence electrons. The molecule has 3 heteroatoms. The second-order valence-electron chi connectivity index (χ2n) is 8.00. The van der Waals surface area contributed by atoms with Gasteiger partial charge in [0.2, 0.25) is 0 Å². The van der Waals surface area contributed by atoms with Crippen LogP contribution in [-0.4, -0.2) is 11.9 Å². The van der Waals surface area contributed by atoms with Crippen molar-refractivity contribution >= 4 is 5.69 Å². The van der Waals surface area contributed by atoms with Gasteiger partial charge in [0, 0.05) is 0 Å². The maximum Gasteiger partial charge on any atom is 4.00 e. The molecule has 0 N–H and O–H groups in total. The zero-order valence-electron chi connectivity index (χ0n) is 17.0. The van der Waals surface area contributed by atoms with Gasteiger partial charge in [-0.1, -0.05) is 0 Å². The Hall–Kier alpha value is -2.31. The van der Waals surface area contributed by atoms with Gasteiger partial charge in [-0.05, 0) is 50.5 Å². The van der Waals surface area contributed by atoms with Crippen LogP contribution >= 0.6 is 0 Å². The quantitative estimate of drug-likeness (QED) is 0.367. The third kappa shape index (κ3) is 3.98. The second kappa shape index (κ2) is 8.82. The van der Waals surface area contributed by atoms with E-state index in [4.69, 9.17) is 0 Å². The number of rotatable bonds is 1. The molecular formula is C27H24N2Pt. The van der Waals surface area contributed by atoms with Gasteiger partial charge in [-0.15, -0.1) is 5.69 Å². The molecule has 2 nitrogen and oxygen atoms in total. The van der Waals surface area contributed by atoms with E-state index in [1.165, 1.54) is 35.1 Å². The molecule has 30 heavy (non-hydrogen) atoms. The maximum absolute atomic E-state index is 3.59. The molecule has 6 rings (SSSR count). The van der Waals surface area contributed by atoms with Crippen LogP contribution in [0.4, 0.5) is 5.69 Å². The topological polar surface area (TPSA) is 6.48 Å². The minimum absolute atomic E-state index is 0. The number of para-hydroxylation sites is 1. The molecule has 0 saturated carbocycles. The Kier molecular flexibility index (Phi) is 6.16. The predicted molar refractivity (Wildman–Crippen MR) is 117 cm³/mol. The van der Waals surface area contributed by atoms with Crippen LogP contribution in [0.1, 0.15) is 35.1 Å². The fraction of sp³-hybridized carbons (Fsp3) is 0.222. The molecule has 1 spiro atoms. The van der Waals surface area contributed by atoms with E-state index in [9.17, 15) is 0 Å². The molecule has 1 heterocycles. The van der Waals surface area contributed by atoms with Crippen molar-refractivity contribution in [3.63, 3.8) is 0 Å². The summed E-state index contributed by atoms with van der Waals surface area (Å²) in [5.41, 5.74) is 6.79. The van der Waals surface area contributed by atoms with Crippen LogP contribution in [0.2, 0.25) is 0 Å². The van der Waals surface area contributed by atoms with Crippen molar-refractivity contribution in [1.82, 2.24) is 4.90 Å². The normalized spacial score (nSPS) is 17.2. The first kappa shape index (κ1) is 20.9. The van der Waals surface area contributed by atoms with Gasteiger partial charge in [0.25, 0.3) is 0 Å².